The molecule has 3 rings (SSSR count). The van der Waals surface area contributed by atoms with E-state index in [-0.39, 0.29) is 0 Å². The molecule has 2 aromatic heterocycles. The average Bonchev–Trinajstić information content (AvgIpc) is 2.96. The summed E-state index contributed by atoms with van der Waals surface area (Å²) in [5, 5.41) is 15.7. The second kappa shape index (κ2) is 5.78. The van der Waals surface area contributed by atoms with Crippen molar-refractivity contribution < 1.29 is 4.74 Å². The van der Waals surface area contributed by atoms with E-state index in [0.717, 1.165) is 35.7 Å². The van der Waals surface area contributed by atoms with Crippen molar-refractivity contribution in [2.24, 2.45) is 0 Å². The highest BCUT2D eigenvalue weighted by Crippen LogP contribution is 2.15. The maximum atomic E-state index is 5.15. The fourth-order valence-electron chi connectivity index (χ4n) is 2.22. The molecular formula is C15H17N5O. The first-order valence-corrected chi connectivity index (χ1v) is 6.81. The Labute approximate surface area is 122 Å². The zero-order valence-corrected chi connectivity index (χ0v) is 12.1. The van der Waals surface area contributed by atoms with Crippen LogP contribution in [0.5, 0.6) is 5.75 Å². The molecular weight excluding hydrogens is 266 g/mol. The number of fused-ring (bicyclic) bond motifs is 1. The van der Waals surface area contributed by atoms with Crippen LogP contribution in [0.25, 0.3) is 5.65 Å². The van der Waals surface area contributed by atoms with E-state index in [4.69, 9.17) is 4.74 Å². The number of ether oxygens (including phenoxy) is 1. The van der Waals surface area contributed by atoms with Gasteiger partial charge in [0.25, 0.3) is 0 Å². The number of anilines is 1. The molecule has 0 radical (unpaired) electrons. The van der Waals surface area contributed by atoms with Gasteiger partial charge in [-0.2, -0.15) is 9.61 Å². The van der Waals surface area contributed by atoms with E-state index in [9.17, 15) is 0 Å². The monoisotopic (exact) mass is 283 g/mol. The molecule has 0 saturated heterocycles. The van der Waals surface area contributed by atoms with Crippen molar-refractivity contribution in [2.75, 3.05) is 19.0 Å². The van der Waals surface area contributed by atoms with Crippen LogP contribution >= 0.6 is 0 Å². The standard InChI is InChI=1S/C15H17N5O/c1-11-9-14(15-18-17-10-20(15)19-11)16-8-7-12-3-5-13(21-2)6-4-12/h3-6,9-10,16H,7-8H2,1-2H3. The topological polar surface area (TPSA) is 64.3 Å². The zero-order valence-electron chi connectivity index (χ0n) is 12.1. The van der Waals surface area contributed by atoms with E-state index in [1.807, 2.05) is 25.1 Å². The Morgan fingerprint density at radius 1 is 1.24 bits per heavy atom. The number of benzene rings is 1. The second-order valence-electron chi connectivity index (χ2n) is 4.82. The van der Waals surface area contributed by atoms with Crippen LogP contribution in [-0.2, 0) is 6.42 Å². The molecule has 0 amide bonds. The maximum Gasteiger partial charge on any atom is 0.200 e. The molecule has 0 aliphatic heterocycles. The summed E-state index contributed by atoms with van der Waals surface area (Å²) >= 11 is 0. The molecule has 0 spiro atoms. The summed E-state index contributed by atoms with van der Waals surface area (Å²) in [6, 6.07) is 10.1. The minimum atomic E-state index is 0.746. The van der Waals surface area contributed by atoms with E-state index in [0.29, 0.717) is 0 Å². The number of aromatic nitrogens is 4. The van der Waals surface area contributed by atoms with Crippen LogP contribution in [0.3, 0.4) is 0 Å². The molecule has 2 heterocycles. The molecule has 0 aliphatic rings. The lowest BCUT2D eigenvalue weighted by Gasteiger charge is -2.08. The summed E-state index contributed by atoms with van der Waals surface area (Å²) in [6.45, 7) is 2.77. The number of methoxy groups -OCH3 is 1. The van der Waals surface area contributed by atoms with Crippen LogP contribution in [0.2, 0.25) is 0 Å². The Hall–Kier alpha value is -2.63. The number of aryl methyl sites for hydroxylation is 1. The normalized spacial score (nSPS) is 10.8. The molecule has 108 valence electrons. The first-order valence-electron chi connectivity index (χ1n) is 6.81. The highest BCUT2D eigenvalue weighted by Gasteiger charge is 2.05. The van der Waals surface area contributed by atoms with Gasteiger partial charge in [0, 0.05) is 6.54 Å². The van der Waals surface area contributed by atoms with Gasteiger partial charge in [0.1, 0.15) is 12.1 Å². The van der Waals surface area contributed by atoms with Crippen molar-refractivity contribution >= 4 is 11.3 Å². The van der Waals surface area contributed by atoms with Gasteiger partial charge in [-0.3, -0.25) is 0 Å². The third kappa shape index (κ3) is 2.94. The summed E-state index contributed by atoms with van der Waals surface area (Å²) in [4.78, 5) is 0. The maximum absolute atomic E-state index is 5.15. The molecule has 0 atom stereocenters. The molecule has 1 aromatic carbocycles. The quantitative estimate of drug-likeness (QED) is 0.777. The first-order chi connectivity index (χ1) is 10.3. The Balaban J connectivity index is 1.67. The van der Waals surface area contributed by atoms with Crippen molar-refractivity contribution in [1.29, 1.82) is 0 Å². The third-order valence-electron chi connectivity index (χ3n) is 3.28. The van der Waals surface area contributed by atoms with Crippen molar-refractivity contribution in [2.45, 2.75) is 13.3 Å². The van der Waals surface area contributed by atoms with Crippen molar-refractivity contribution in [3.05, 3.63) is 47.9 Å². The molecule has 6 nitrogen and oxygen atoms in total. The van der Waals surface area contributed by atoms with Gasteiger partial charge in [0.15, 0.2) is 0 Å². The SMILES string of the molecule is COc1ccc(CCNc2cc(C)nn3cnnc23)cc1. The van der Waals surface area contributed by atoms with Gasteiger partial charge in [-0.15, -0.1) is 10.2 Å². The van der Waals surface area contributed by atoms with E-state index in [1.54, 1.807) is 18.0 Å². The Morgan fingerprint density at radius 3 is 2.81 bits per heavy atom. The lowest BCUT2D eigenvalue weighted by atomic mass is 10.1. The lowest BCUT2D eigenvalue weighted by molar-refractivity contribution is 0.414. The molecule has 21 heavy (non-hydrogen) atoms. The molecule has 1 N–H and O–H groups in total. The number of hydrogen-bond donors (Lipinski definition) is 1. The van der Waals surface area contributed by atoms with E-state index >= 15 is 0 Å². The van der Waals surface area contributed by atoms with Crippen molar-refractivity contribution in [3.8, 4) is 5.75 Å². The van der Waals surface area contributed by atoms with Crippen molar-refractivity contribution in [3.63, 3.8) is 0 Å². The molecule has 0 unspecified atom stereocenters. The lowest BCUT2D eigenvalue weighted by Crippen LogP contribution is -2.07. The van der Waals surface area contributed by atoms with Crippen molar-refractivity contribution in [1.82, 2.24) is 19.8 Å². The predicted molar refractivity (Wildman–Crippen MR) is 80.7 cm³/mol. The summed E-state index contributed by atoms with van der Waals surface area (Å²) < 4.78 is 6.84. The van der Waals surface area contributed by atoms with Gasteiger partial charge in [-0.1, -0.05) is 12.1 Å². The number of nitrogens with one attached hydrogen (secondary N) is 1. The largest absolute Gasteiger partial charge is 0.497 e. The summed E-state index contributed by atoms with van der Waals surface area (Å²) in [6.07, 6.45) is 2.53. The van der Waals surface area contributed by atoms with E-state index in [1.165, 1.54) is 5.56 Å². The molecule has 6 heteroatoms. The summed E-state index contributed by atoms with van der Waals surface area (Å²) in [5.41, 5.74) is 3.88. The summed E-state index contributed by atoms with van der Waals surface area (Å²) in [7, 11) is 1.67. The molecule has 0 bridgehead atoms. The van der Waals surface area contributed by atoms with Gasteiger partial charge in [-0.05, 0) is 37.1 Å². The van der Waals surface area contributed by atoms with Gasteiger partial charge in [-0.25, -0.2) is 0 Å². The fraction of sp³-hybridized carbons (Fsp3) is 0.267. The molecule has 0 fully saturated rings. The van der Waals surface area contributed by atoms with Crippen LogP contribution in [0.15, 0.2) is 36.7 Å². The first kappa shape index (κ1) is 13.4. The van der Waals surface area contributed by atoms with Gasteiger partial charge in [0.2, 0.25) is 5.65 Å². The van der Waals surface area contributed by atoms with E-state index < -0.39 is 0 Å². The highest BCUT2D eigenvalue weighted by atomic mass is 16.5. The minimum absolute atomic E-state index is 0.746. The van der Waals surface area contributed by atoms with Crippen LogP contribution in [0.4, 0.5) is 5.69 Å². The second-order valence-corrected chi connectivity index (χ2v) is 4.82. The average molecular weight is 283 g/mol. The van der Waals surface area contributed by atoms with Gasteiger partial charge in [0.05, 0.1) is 18.5 Å². The molecule has 0 saturated carbocycles. The van der Waals surface area contributed by atoms with Crippen LogP contribution in [0.1, 0.15) is 11.3 Å². The highest BCUT2D eigenvalue weighted by molar-refractivity contribution is 5.66. The Kier molecular flexibility index (Phi) is 3.68. The Bertz CT molecular complexity index is 735. The smallest absolute Gasteiger partial charge is 0.200 e. The number of nitrogens with zero attached hydrogens (tertiary/aromatic N) is 4. The minimum Gasteiger partial charge on any atom is -0.497 e. The van der Waals surface area contributed by atoms with Gasteiger partial charge >= 0.3 is 0 Å². The number of rotatable bonds is 5. The summed E-state index contributed by atoms with van der Waals surface area (Å²) in [5.74, 6) is 0.877. The zero-order chi connectivity index (χ0) is 14.7. The molecule has 3 aromatic rings. The molecule has 0 aliphatic carbocycles. The van der Waals surface area contributed by atoms with Crippen LogP contribution in [-0.4, -0.2) is 33.5 Å². The Morgan fingerprint density at radius 2 is 2.05 bits per heavy atom. The van der Waals surface area contributed by atoms with Crippen LogP contribution < -0.4 is 10.1 Å². The number of hydrogen-bond acceptors (Lipinski definition) is 5. The fourth-order valence-corrected chi connectivity index (χ4v) is 2.22. The van der Waals surface area contributed by atoms with E-state index in [2.05, 4.69) is 32.7 Å². The van der Waals surface area contributed by atoms with Crippen LogP contribution in [0, 0.1) is 6.92 Å². The third-order valence-corrected chi connectivity index (χ3v) is 3.28. The van der Waals surface area contributed by atoms with Gasteiger partial charge < -0.3 is 10.1 Å². The predicted octanol–water partition coefficient (Wildman–Crippen LogP) is 2.10.